The maximum absolute atomic E-state index is 13.1. The molecule has 0 radical (unpaired) electrons. The van der Waals surface area contributed by atoms with Gasteiger partial charge >= 0.3 is 0 Å². The van der Waals surface area contributed by atoms with Gasteiger partial charge in [0.1, 0.15) is 11.6 Å². The molecule has 2 fully saturated rings. The molecule has 4 rings (SSSR count). The van der Waals surface area contributed by atoms with E-state index in [1.807, 2.05) is 24.3 Å². The lowest BCUT2D eigenvalue weighted by Gasteiger charge is -2.36. The summed E-state index contributed by atoms with van der Waals surface area (Å²) in [5.74, 6) is -0.328. The molecule has 2 aromatic carbocycles. The average Bonchev–Trinajstić information content (AvgIpc) is 2.79. The number of rotatable bonds is 8. The summed E-state index contributed by atoms with van der Waals surface area (Å²) in [7, 11) is 0. The standard InChI is InChI=1S/C25H34F2N4/c26-24-6-2-22(3-7-24)20-30-16-12-28(13-17-30)10-1-11-29-14-18-31(19-15-29)21-23-4-8-25(27)9-5-23/h2-9H,1,10-21H2. The lowest BCUT2D eigenvalue weighted by Crippen LogP contribution is -2.48. The van der Waals surface area contributed by atoms with E-state index in [0.29, 0.717) is 0 Å². The summed E-state index contributed by atoms with van der Waals surface area (Å²) in [6.07, 6.45) is 1.22. The summed E-state index contributed by atoms with van der Waals surface area (Å²) < 4.78 is 26.1. The lowest BCUT2D eigenvalue weighted by atomic mass is 10.2. The highest BCUT2D eigenvalue weighted by molar-refractivity contribution is 5.16. The van der Waals surface area contributed by atoms with Crippen molar-refractivity contribution in [3.63, 3.8) is 0 Å². The predicted octanol–water partition coefficient (Wildman–Crippen LogP) is 3.29. The van der Waals surface area contributed by atoms with Gasteiger partial charge in [0.2, 0.25) is 0 Å². The highest BCUT2D eigenvalue weighted by Gasteiger charge is 2.19. The van der Waals surface area contributed by atoms with Gasteiger partial charge in [-0.2, -0.15) is 0 Å². The molecule has 0 saturated carbocycles. The number of nitrogens with zero attached hydrogens (tertiary/aromatic N) is 4. The Morgan fingerprint density at radius 1 is 0.484 bits per heavy atom. The van der Waals surface area contributed by atoms with Gasteiger partial charge in [-0.05, 0) is 54.9 Å². The zero-order valence-corrected chi connectivity index (χ0v) is 18.4. The fourth-order valence-corrected chi connectivity index (χ4v) is 4.56. The summed E-state index contributed by atoms with van der Waals surface area (Å²) in [5, 5.41) is 0. The number of hydrogen-bond acceptors (Lipinski definition) is 4. The third kappa shape index (κ3) is 7.07. The topological polar surface area (TPSA) is 13.0 Å². The number of hydrogen-bond donors (Lipinski definition) is 0. The minimum Gasteiger partial charge on any atom is -0.301 e. The van der Waals surface area contributed by atoms with Gasteiger partial charge in [-0.15, -0.1) is 0 Å². The minimum atomic E-state index is -0.164. The Morgan fingerprint density at radius 2 is 0.806 bits per heavy atom. The Morgan fingerprint density at radius 3 is 1.16 bits per heavy atom. The zero-order chi connectivity index (χ0) is 21.5. The van der Waals surface area contributed by atoms with Gasteiger partial charge in [0, 0.05) is 65.4 Å². The Kier molecular flexibility index (Phi) is 8.03. The van der Waals surface area contributed by atoms with Crippen LogP contribution in [0.15, 0.2) is 48.5 Å². The van der Waals surface area contributed by atoms with Crippen LogP contribution in [0.4, 0.5) is 8.78 Å². The average molecular weight is 429 g/mol. The summed E-state index contributed by atoms with van der Waals surface area (Å²) in [6.45, 7) is 13.0. The van der Waals surface area contributed by atoms with E-state index in [4.69, 9.17) is 0 Å². The van der Waals surface area contributed by atoms with Gasteiger partial charge in [0.05, 0.1) is 0 Å². The quantitative estimate of drug-likeness (QED) is 0.640. The van der Waals surface area contributed by atoms with Crippen molar-refractivity contribution < 1.29 is 8.78 Å². The normalized spacial score (nSPS) is 19.7. The van der Waals surface area contributed by atoms with E-state index in [-0.39, 0.29) is 11.6 Å². The van der Waals surface area contributed by atoms with Crippen LogP contribution in [0.1, 0.15) is 17.5 Å². The van der Waals surface area contributed by atoms with Crippen molar-refractivity contribution in [3.05, 3.63) is 71.3 Å². The third-order valence-corrected chi connectivity index (χ3v) is 6.52. The molecule has 0 atom stereocenters. The van der Waals surface area contributed by atoms with Crippen molar-refractivity contribution in [3.8, 4) is 0 Å². The van der Waals surface area contributed by atoms with Crippen LogP contribution in [0, 0.1) is 11.6 Å². The van der Waals surface area contributed by atoms with Crippen LogP contribution in [-0.2, 0) is 13.1 Å². The first-order chi connectivity index (χ1) is 15.1. The van der Waals surface area contributed by atoms with Gasteiger partial charge in [-0.25, -0.2) is 8.78 Å². The first-order valence-corrected chi connectivity index (χ1v) is 11.5. The molecule has 2 saturated heterocycles. The van der Waals surface area contributed by atoms with E-state index in [1.165, 1.54) is 30.6 Å². The summed E-state index contributed by atoms with van der Waals surface area (Å²) in [6, 6.07) is 13.8. The molecule has 4 nitrogen and oxygen atoms in total. The molecule has 0 aromatic heterocycles. The molecule has 2 heterocycles. The van der Waals surface area contributed by atoms with E-state index in [1.54, 1.807) is 24.3 Å². The van der Waals surface area contributed by atoms with E-state index in [0.717, 1.165) is 65.4 Å². The van der Waals surface area contributed by atoms with Gasteiger partial charge < -0.3 is 9.80 Å². The third-order valence-electron chi connectivity index (χ3n) is 6.52. The molecule has 2 aromatic rings. The monoisotopic (exact) mass is 428 g/mol. The van der Waals surface area contributed by atoms with Crippen LogP contribution in [-0.4, -0.2) is 85.0 Å². The molecule has 6 heteroatoms. The zero-order valence-electron chi connectivity index (χ0n) is 18.4. The van der Waals surface area contributed by atoms with Gasteiger partial charge in [-0.1, -0.05) is 24.3 Å². The SMILES string of the molecule is Fc1ccc(CN2CCN(CCCN3CCN(Cc4ccc(F)cc4)CC3)CC2)cc1. The van der Waals surface area contributed by atoms with Crippen molar-refractivity contribution in [1.29, 1.82) is 0 Å². The Labute approximate surface area is 185 Å². The van der Waals surface area contributed by atoms with Crippen LogP contribution < -0.4 is 0 Å². The molecule has 168 valence electrons. The van der Waals surface area contributed by atoms with Crippen molar-refractivity contribution in [2.45, 2.75) is 19.5 Å². The van der Waals surface area contributed by atoms with Crippen LogP contribution in [0.5, 0.6) is 0 Å². The van der Waals surface area contributed by atoms with Gasteiger partial charge in [0.25, 0.3) is 0 Å². The number of piperazine rings is 2. The molecule has 2 aliphatic heterocycles. The van der Waals surface area contributed by atoms with Crippen LogP contribution in [0.25, 0.3) is 0 Å². The van der Waals surface area contributed by atoms with Crippen LogP contribution in [0.2, 0.25) is 0 Å². The maximum atomic E-state index is 13.1. The molecule has 2 aliphatic rings. The van der Waals surface area contributed by atoms with Crippen molar-refractivity contribution >= 4 is 0 Å². The van der Waals surface area contributed by atoms with Crippen molar-refractivity contribution in [1.82, 2.24) is 19.6 Å². The van der Waals surface area contributed by atoms with E-state index >= 15 is 0 Å². The van der Waals surface area contributed by atoms with E-state index in [9.17, 15) is 8.78 Å². The molecule has 0 unspecified atom stereocenters. The minimum absolute atomic E-state index is 0.164. The van der Waals surface area contributed by atoms with Gasteiger partial charge in [0.15, 0.2) is 0 Å². The molecule has 0 spiro atoms. The summed E-state index contributed by atoms with van der Waals surface area (Å²) >= 11 is 0. The molecule has 0 amide bonds. The van der Waals surface area contributed by atoms with Crippen molar-refractivity contribution in [2.75, 3.05) is 65.4 Å². The Hall–Kier alpha value is -1.86. The highest BCUT2D eigenvalue weighted by atomic mass is 19.1. The second-order valence-corrected chi connectivity index (χ2v) is 8.84. The smallest absolute Gasteiger partial charge is 0.123 e. The number of benzene rings is 2. The largest absolute Gasteiger partial charge is 0.301 e. The fourth-order valence-electron chi connectivity index (χ4n) is 4.56. The summed E-state index contributed by atoms with van der Waals surface area (Å²) in [5.41, 5.74) is 2.38. The number of halogens is 2. The van der Waals surface area contributed by atoms with E-state index in [2.05, 4.69) is 19.6 Å². The highest BCUT2D eigenvalue weighted by Crippen LogP contribution is 2.12. The molecule has 0 bridgehead atoms. The predicted molar refractivity (Wildman–Crippen MR) is 121 cm³/mol. The fraction of sp³-hybridized carbons (Fsp3) is 0.520. The molecule has 0 N–H and O–H groups in total. The van der Waals surface area contributed by atoms with Crippen LogP contribution in [0.3, 0.4) is 0 Å². The first kappa shape index (κ1) is 22.3. The maximum Gasteiger partial charge on any atom is 0.123 e. The Balaban J connectivity index is 1.08. The first-order valence-electron chi connectivity index (χ1n) is 11.5. The second-order valence-electron chi connectivity index (χ2n) is 8.84. The van der Waals surface area contributed by atoms with E-state index < -0.39 is 0 Å². The molecular weight excluding hydrogens is 394 g/mol. The van der Waals surface area contributed by atoms with Gasteiger partial charge in [-0.3, -0.25) is 9.80 Å². The Bertz CT molecular complexity index is 713. The van der Waals surface area contributed by atoms with Crippen LogP contribution >= 0.6 is 0 Å². The molecular formula is C25H34F2N4. The second kappa shape index (κ2) is 11.1. The van der Waals surface area contributed by atoms with Crippen molar-refractivity contribution in [2.24, 2.45) is 0 Å². The molecule has 31 heavy (non-hydrogen) atoms. The lowest BCUT2D eigenvalue weighted by molar-refractivity contribution is 0.106. The molecule has 0 aliphatic carbocycles. The summed E-state index contributed by atoms with van der Waals surface area (Å²) in [4.78, 5) is 10.1.